The minimum absolute atomic E-state index is 0.0945. The first-order valence-corrected chi connectivity index (χ1v) is 10.5. The number of para-hydroxylation sites is 2. The molecule has 1 aliphatic heterocycles. The Labute approximate surface area is 181 Å². The standard InChI is InChI=1S/C24H26N4O3/c1-18(24(29)25-22-11-4-5-12-23(22)28(30)31)27-15-13-26(14-16-27)17-20-9-6-8-19-7-2-3-10-21(19)20/h2-12,18H,13-17H2,1H3,(H,25,29)/t18-/m1/s1. The van der Waals surface area contributed by atoms with Crippen molar-refractivity contribution in [1.29, 1.82) is 0 Å². The Morgan fingerprint density at radius 3 is 2.45 bits per heavy atom. The van der Waals surface area contributed by atoms with E-state index in [9.17, 15) is 14.9 Å². The lowest BCUT2D eigenvalue weighted by Gasteiger charge is -2.37. The van der Waals surface area contributed by atoms with Crippen LogP contribution in [-0.2, 0) is 11.3 Å². The zero-order valence-corrected chi connectivity index (χ0v) is 17.5. The molecule has 1 aliphatic rings. The predicted molar refractivity (Wildman–Crippen MR) is 122 cm³/mol. The second-order valence-electron chi connectivity index (χ2n) is 7.89. The van der Waals surface area contributed by atoms with Gasteiger partial charge in [0.2, 0.25) is 5.91 Å². The number of hydrogen-bond donors (Lipinski definition) is 1. The Morgan fingerprint density at radius 2 is 1.68 bits per heavy atom. The zero-order chi connectivity index (χ0) is 21.8. The Balaban J connectivity index is 1.35. The number of fused-ring (bicyclic) bond motifs is 1. The highest BCUT2D eigenvalue weighted by Crippen LogP contribution is 2.24. The van der Waals surface area contributed by atoms with Crippen LogP contribution in [0.5, 0.6) is 0 Å². The SMILES string of the molecule is C[C@H](C(=O)Nc1ccccc1[N+](=O)[O-])N1CCN(Cc2cccc3ccccc23)CC1. The van der Waals surface area contributed by atoms with Crippen LogP contribution in [0.1, 0.15) is 12.5 Å². The van der Waals surface area contributed by atoms with Gasteiger partial charge in [0.25, 0.3) is 5.69 Å². The van der Waals surface area contributed by atoms with Crippen molar-refractivity contribution in [3.05, 3.63) is 82.4 Å². The van der Waals surface area contributed by atoms with Gasteiger partial charge in [-0.1, -0.05) is 54.6 Å². The van der Waals surface area contributed by atoms with Gasteiger partial charge in [0, 0.05) is 38.8 Å². The Bertz CT molecular complexity index is 1090. The lowest BCUT2D eigenvalue weighted by molar-refractivity contribution is -0.383. The predicted octanol–water partition coefficient (Wildman–Crippen LogP) is 3.89. The molecule has 3 aromatic rings. The van der Waals surface area contributed by atoms with E-state index in [1.54, 1.807) is 18.2 Å². The van der Waals surface area contributed by atoms with E-state index in [4.69, 9.17) is 0 Å². The molecule has 7 heteroatoms. The molecule has 7 nitrogen and oxygen atoms in total. The molecule has 0 radical (unpaired) electrons. The number of nitro groups is 1. The van der Waals surface area contributed by atoms with Gasteiger partial charge >= 0.3 is 0 Å². The number of rotatable bonds is 6. The maximum atomic E-state index is 12.7. The third-order valence-electron chi connectivity index (χ3n) is 5.97. The minimum atomic E-state index is -0.480. The number of nitro benzene ring substituents is 1. The highest BCUT2D eigenvalue weighted by atomic mass is 16.6. The summed E-state index contributed by atoms with van der Waals surface area (Å²) in [5.74, 6) is -0.225. The molecule has 1 N–H and O–H groups in total. The van der Waals surface area contributed by atoms with E-state index in [0.29, 0.717) is 0 Å². The topological polar surface area (TPSA) is 78.7 Å². The van der Waals surface area contributed by atoms with Gasteiger partial charge in [-0.15, -0.1) is 0 Å². The smallest absolute Gasteiger partial charge is 0.292 e. The Hall–Kier alpha value is -3.29. The third kappa shape index (κ3) is 4.73. The normalized spacial score (nSPS) is 16.2. The van der Waals surface area contributed by atoms with Gasteiger partial charge < -0.3 is 5.32 Å². The molecule has 3 aromatic carbocycles. The summed E-state index contributed by atoms with van der Waals surface area (Å²) in [7, 11) is 0. The number of hydrogen-bond acceptors (Lipinski definition) is 5. The summed E-state index contributed by atoms with van der Waals surface area (Å²) in [6.45, 7) is 6.02. The molecule has 0 bridgehead atoms. The van der Waals surface area contributed by atoms with Crippen molar-refractivity contribution in [2.24, 2.45) is 0 Å². The van der Waals surface area contributed by atoms with Crippen LogP contribution in [0.3, 0.4) is 0 Å². The molecule has 31 heavy (non-hydrogen) atoms. The average molecular weight is 418 g/mol. The van der Waals surface area contributed by atoms with Crippen LogP contribution in [0.2, 0.25) is 0 Å². The van der Waals surface area contributed by atoms with Gasteiger partial charge in [-0.05, 0) is 29.3 Å². The fourth-order valence-corrected chi connectivity index (χ4v) is 4.12. The first-order chi connectivity index (χ1) is 15.0. The highest BCUT2D eigenvalue weighted by Gasteiger charge is 2.27. The quantitative estimate of drug-likeness (QED) is 0.485. The molecule has 0 aromatic heterocycles. The first kappa shape index (κ1) is 21.0. The molecular formula is C24H26N4O3. The van der Waals surface area contributed by atoms with Crippen LogP contribution in [0.4, 0.5) is 11.4 Å². The van der Waals surface area contributed by atoms with Gasteiger partial charge in [-0.25, -0.2) is 0 Å². The van der Waals surface area contributed by atoms with Crippen LogP contribution in [0.15, 0.2) is 66.7 Å². The summed E-state index contributed by atoms with van der Waals surface area (Å²) in [5, 5.41) is 16.4. The van der Waals surface area contributed by atoms with E-state index in [0.717, 1.165) is 32.7 Å². The number of benzene rings is 3. The molecule has 0 saturated carbocycles. The van der Waals surface area contributed by atoms with E-state index in [1.807, 2.05) is 6.92 Å². The number of nitrogens with one attached hydrogen (secondary N) is 1. The van der Waals surface area contributed by atoms with Crippen molar-refractivity contribution in [3.8, 4) is 0 Å². The maximum absolute atomic E-state index is 12.7. The summed E-state index contributed by atoms with van der Waals surface area (Å²) in [6.07, 6.45) is 0. The highest BCUT2D eigenvalue weighted by molar-refractivity contribution is 5.96. The number of carbonyl (C=O) groups excluding carboxylic acids is 1. The third-order valence-corrected chi connectivity index (χ3v) is 5.97. The van der Waals surface area contributed by atoms with Crippen molar-refractivity contribution < 1.29 is 9.72 Å². The number of carbonyl (C=O) groups is 1. The fraction of sp³-hybridized carbons (Fsp3) is 0.292. The summed E-state index contributed by atoms with van der Waals surface area (Å²) in [5.41, 5.74) is 1.45. The van der Waals surface area contributed by atoms with E-state index in [2.05, 4.69) is 57.6 Å². The fourth-order valence-electron chi connectivity index (χ4n) is 4.12. The average Bonchev–Trinajstić information content (AvgIpc) is 2.79. The van der Waals surface area contributed by atoms with E-state index >= 15 is 0 Å². The lowest BCUT2D eigenvalue weighted by Crippen LogP contribution is -2.52. The number of piperazine rings is 1. The summed E-state index contributed by atoms with van der Waals surface area (Å²) in [4.78, 5) is 28.0. The first-order valence-electron chi connectivity index (χ1n) is 10.5. The van der Waals surface area contributed by atoms with Gasteiger partial charge in [-0.2, -0.15) is 0 Å². The summed E-state index contributed by atoms with van der Waals surface area (Å²) >= 11 is 0. The van der Waals surface area contributed by atoms with Crippen LogP contribution in [0, 0.1) is 10.1 Å². The molecule has 1 amide bonds. The van der Waals surface area contributed by atoms with Gasteiger partial charge in [-0.3, -0.25) is 24.7 Å². The summed E-state index contributed by atoms with van der Waals surface area (Å²) in [6, 6.07) is 20.7. The number of amides is 1. The minimum Gasteiger partial charge on any atom is -0.319 e. The molecular weight excluding hydrogens is 392 g/mol. The van der Waals surface area contributed by atoms with Gasteiger partial charge in [0.15, 0.2) is 0 Å². The molecule has 0 spiro atoms. The molecule has 0 unspecified atom stereocenters. The zero-order valence-electron chi connectivity index (χ0n) is 17.5. The Morgan fingerprint density at radius 1 is 1.00 bits per heavy atom. The van der Waals surface area contributed by atoms with E-state index < -0.39 is 4.92 Å². The maximum Gasteiger partial charge on any atom is 0.292 e. The van der Waals surface area contributed by atoms with Crippen molar-refractivity contribution >= 4 is 28.1 Å². The second-order valence-corrected chi connectivity index (χ2v) is 7.89. The second kappa shape index (κ2) is 9.24. The van der Waals surface area contributed by atoms with Crippen molar-refractivity contribution in [2.75, 3.05) is 31.5 Å². The molecule has 1 fully saturated rings. The molecule has 4 rings (SSSR count). The van der Waals surface area contributed by atoms with Crippen molar-refractivity contribution in [1.82, 2.24) is 9.80 Å². The van der Waals surface area contributed by atoms with Crippen molar-refractivity contribution in [3.63, 3.8) is 0 Å². The van der Waals surface area contributed by atoms with Crippen LogP contribution in [-0.4, -0.2) is 52.9 Å². The molecule has 1 heterocycles. The van der Waals surface area contributed by atoms with Crippen molar-refractivity contribution in [2.45, 2.75) is 19.5 Å². The van der Waals surface area contributed by atoms with Crippen LogP contribution < -0.4 is 5.32 Å². The van der Waals surface area contributed by atoms with Gasteiger partial charge in [0.05, 0.1) is 11.0 Å². The van der Waals surface area contributed by atoms with E-state index in [-0.39, 0.29) is 23.3 Å². The van der Waals surface area contributed by atoms with Crippen LogP contribution in [0.25, 0.3) is 10.8 Å². The van der Waals surface area contributed by atoms with E-state index in [1.165, 1.54) is 22.4 Å². The molecule has 160 valence electrons. The monoisotopic (exact) mass is 418 g/mol. The summed E-state index contributed by atoms with van der Waals surface area (Å²) < 4.78 is 0. The molecule has 0 aliphatic carbocycles. The Kier molecular flexibility index (Phi) is 6.25. The number of anilines is 1. The lowest BCUT2D eigenvalue weighted by atomic mass is 10.0. The number of nitrogens with zero attached hydrogens (tertiary/aromatic N) is 3. The molecule has 1 saturated heterocycles. The molecule has 1 atom stereocenters. The largest absolute Gasteiger partial charge is 0.319 e. The van der Waals surface area contributed by atoms with Crippen LogP contribution >= 0.6 is 0 Å². The van der Waals surface area contributed by atoms with Gasteiger partial charge in [0.1, 0.15) is 5.69 Å².